The third-order valence-corrected chi connectivity index (χ3v) is 3.88. The first-order valence-corrected chi connectivity index (χ1v) is 9.42. The molecule has 144 valence electrons. The number of unbranched alkanes of at least 4 members (excludes halogenated alkanes) is 1. The van der Waals surface area contributed by atoms with Crippen molar-refractivity contribution in [1.82, 2.24) is 5.32 Å². The molecule has 5 heteroatoms. The summed E-state index contributed by atoms with van der Waals surface area (Å²) in [5.74, 6) is 0.700. The number of ether oxygens (including phenoxy) is 1. The number of hydrogen-bond donors (Lipinski definition) is 2. The average Bonchev–Trinajstić information content (AvgIpc) is 2.67. The standard InChI is InChI=1S/C22H28N2O3/c1-4-5-12-23-21(25)17-8-6-10-19(13-17)24-22(26)18-9-7-11-20(14-18)27-15-16(2)3/h6-11,13-14,16H,4-5,12,15H2,1-3H3,(H,23,25)(H,24,26). The number of anilines is 1. The quantitative estimate of drug-likeness (QED) is 0.640. The van der Waals surface area contributed by atoms with Crippen LogP contribution in [0.3, 0.4) is 0 Å². The van der Waals surface area contributed by atoms with Crippen molar-refractivity contribution in [2.24, 2.45) is 5.92 Å². The fraction of sp³-hybridized carbons (Fsp3) is 0.364. The van der Waals surface area contributed by atoms with Gasteiger partial charge >= 0.3 is 0 Å². The Kier molecular flexibility index (Phi) is 7.86. The summed E-state index contributed by atoms with van der Waals surface area (Å²) in [5.41, 5.74) is 1.61. The second-order valence-corrected chi connectivity index (χ2v) is 6.88. The maximum Gasteiger partial charge on any atom is 0.255 e. The summed E-state index contributed by atoms with van der Waals surface area (Å²) in [6.45, 7) is 7.46. The number of carbonyl (C=O) groups is 2. The van der Waals surface area contributed by atoms with Crippen LogP contribution in [0.15, 0.2) is 48.5 Å². The molecule has 0 saturated carbocycles. The van der Waals surface area contributed by atoms with Gasteiger partial charge in [-0.15, -0.1) is 0 Å². The zero-order valence-corrected chi connectivity index (χ0v) is 16.2. The Labute approximate surface area is 161 Å². The van der Waals surface area contributed by atoms with Gasteiger partial charge in [-0.05, 0) is 48.7 Å². The maximum atomic E-state index is 12.5. The lowest BCUT2D eigenvalue weighted by atomic mass is 10.1. The molecule has 0 heterocycles. The molecule has 0 fully saturated rings. The molecule has 0 radical (unpaired) electrons. The van der Waals surface area contributed by atoms with E-state index in [9.17, 15) is 9.59 Å². The Bertz CT molecular complexity index is 772. The van der Waals surface area contributed by atoms with Gasteiger partial charge in [-0.1, -0.05) is 39.3 Å². The van der Waals surface area contributed by atoms with Crippen molar-refractivity contribution >= 4 is 17.5 Å². The number of hydrogen-bond acceptors (Lipinski definition) is 3. The van der Waals surface area contributed by atoms with Crippen molar-refractivity contribution in [2.45, 2.75) is 33.6 Å². The van der Waals surface area contributed by atoms with Crippen LogP contribution in [0.1, 0.15) is 54.3 Å². The minimum absolute atomic E-state index is 0.136. The zero-order chi connectivity index (χ0) is 19.6. The van der Waals surface area contributed by atoms with E-state index in [-0.39, 0.29) is 11.8 Å². The van der Waals surface area contributed by atoms with E-state index in [2.05, 4.69) is 31.4 Å². The first-order chi connectivity index (χ1) is 13.0. The molecule has 0 unspecified atom stereocenters. The number of nitrogens with one attached hydrogen (secondary N) is 2. The second-order valence-electron chi connectivity index (χ2n) is 6.88. The minimum atomic E-state index is -0.242. The number of amides is 2. The smallest absolute Gasteiger partial charge is 0.255 e. The van der Waals surface area contributed by atoms with Gasteiger partial charge < -0.3 is 15.4 Å². The summed E-state index contributed by atoms with van der Waals surface area (Å²) >= 11 is 0. The Morgan fingerprint density at radius 2 is 1.70 bits per heavy atom. The Morgan fingerprint density at radius 1 is 1.00 bits per heavy atom. The van der Waals surface area contributed by atoms with Crippen molar-refractivity contribution in [1.29, 1.82) is 0 Å². The molecule has 2 N–H and O–H groups in total. The van der Waals surface area contributed by atoms with E-state index < -0.39 is 0 Å². The first-order valence-electron chi connectivity index (χ1n) is 9.42. The zero-order valence-electron chi connectivity index (χ0n) is 16.2. The molecule has 2 aromatic rings. The molecule has 0 aliphatic heterocycles. The van der Waals surface area contributed by atoms with Crippen LogP contribution in [0.4, 0.5) is 5.69 Å². The molecule has 0 atom stereocenters. The highest BCUT2D eigenvalue weighted by Gasteiger charge is 2.10. The highest BCUT2D eigenvalue weighted by Crippen LogP contribution is 2.17. The van der Waals surface area contributed by atoms with Crippen LogP contribution in [0.2, 0.25) is 0 Å². The van der Waals surface area contributed by atoms with Crippen LogP contribution in [-0.4, -0.2) is 25.0 Å². The van der Waals surface area contributed by atoms with Crippen molar-refractivity contribution in [3.05, 3.63) is 59.7 Å². The molecule has 2 rings (SSSR count). The highest BCUT2D eigenvalue weighted by molar-refractivity contribution is 6.05. The van der Waals surface area contributed by atoms with Crippen LogP contribution < -0.4 is 15.4 Å². The normalized spacial score (nSPS) is 10.5. The van der Waals surface area contributed by atoms with E-state index in [0.29, 0.717) is 41.6 Å². The van der Waals surface area contributed by atoms with Crippen LogP contribution >= 0.6 is 0 Å². The molecular formula is C22H28N2O3. The summed E-state index contributed by atoms with van der Waals surface area (Å²) in [6, 6.07) is 14.0. The average molecular weight is 368 g/mol. The minimum Gasteiger partial charge on any atom is -0.493 e. The molecular weight excluding hydrogens is 340 g/mol. The Balaban J connectivity index is 2.02. The van der Waals surface area contributed by atoms with E-state index >= 15 is 0 Å². The van der Waals surface area contributed by atoms with Gasteiger partial charge in [0.05, 0.1) is 6.61 Å². The summed E-state index contributed by atoms with van der Waals surface area (Å²) in [4.78, 5) is 24.7. The Morgan fingerprint density at radius 3 is 2.41 bits per heavy atom. The van der Waals surface area contributed by atoms with E-state index in [0.717, 1.165) is 12.8 Å². The molecule has 27 heavy (non-hydrogen) atoms. The molecule has 2 aromatic carbocycles. The molecule has 0 spiro atoms. The molecule has 0 aromatic heterocycles. The van der Waals surface area contributed by atoms with E-state index in [4.69, 9.17) is 4.74 Å². The predicted molar refractivity (Wildman–Crippen MR) is 108 cm³/mol. The van der Waals surface area contributed by atoms with Crippen LogP contribution in [0.5, 0.6) is 5.75 Å². The van der Waals surface area contributed by atoms with Gasteiger partial charge in [0.25, 0.3) is 11.8 Å². The SMILES string of the molecule is CCCCNC(=O)c1cccc(NC(=O)c2cccc(OCC(C)C)c2)c1. The molecule has 5 nitrogen and oxygen atoms in total. The van der Waals surface area contributed by atoms with Gasteiger partial charge in [-0.3, -0.25) is 9.59 Å². The van der Waals surface area contributed by atoms with Crippen LogP contribution in [-0.2, 0) is 0 Å². The second kappa shape index (κ2) is 10.4. The van der Waals surface area contributed by atoms with E-state index in [1.165, 1.54) is 0 Å². The van der Waals surface area contributed by atoms with Crippen LogP contribution in [0.25, 0.3) is 0 Å². The third-order valence-electron chi connectivity index (χ3n) is 3.88. The Hall–Kier alpha value is -2.82. The van der Waals surface area contributed by atoms with Gasteiger partial charge in [0.1, 0.15) is 5.75 Å². The monoisotopic (exact) mass is 368 g/mol. The summed E-state index contributed by atoms with van der Waals surface area (Å²) in [6.07, 6.45) is 1.97. The summed E-state index contributed by atoms with van der Waals surface area (Å²) in [7, 11) is 0. The topological polar surface area (TPSA) is 67.4 Å². The molecule has 0 saturated heterocycles. The summed E-state index contributed by atoms with van der Waals surface area (Å²) in [5, 5.41) is 5.71. The fourth-order valence-electron chi connectivity index (χ4n) is 2.41. The molecule has 0 aliphatic rings. The van der Waals surface area contributed by atoms with Crippen molar-refractivity contribution in [3.8, 4) is 5.75 Å². The summed E-state index contributed by atoms with van der Waals surface area (Å²) < 4.78 is 5.67. The fourth-order valence-corrected chi connectivity index (χ4v) is 2.41. The molecule has 2 amide bonds. The number of rotatable bonds is 9. The molecule has 0 aliphatic carbocycles. The van der Waals surface area contributed by atoms with Gasteiger partial charge in [0.2, 0.25) is 0 Å². The largest absolute Gasteiger partial charge is 0.493 e. The highest BCUT2D eigenvalue weighted by atomic mass is 16.5. The van der Waals surface area contributed by atoms with Crippen LogP contribution in [0, 0.1) is 5.92 Å². The lowest BCUT2D eigenvalue weighted by Gasteiger charge is -2.11. The predicted octanol–water partition coefficient (Wildman–Crippen LogP) is 4.50. The lowest BCUT2D eigenvalue weighted by Crippen LogP contribution is -2.24. The number of carbonyl (C=O) groups excluding carboxylic acids is 2. The van der Waals surface area contributed by atoms with E-state index in [1.807, 2.05) is 6.07 Å². The first kappa shape index (κ1) is 20.5. The maximum absolute atomic E-state index is 12.5. The lowest BCUT2D eigenvalue weighted by molar-refractivity contribution is 0.0951. The van der Waals surface area contributed by atoms with Gasteiger partial charge in [-0.2, -0.15) is 0 Å². The van der Waals surface area contributed by atoms with Crippen molar-refractivity contribution in [2.75, 3.05) is 18.5 Å². The third kappa shape index (κ3) is 6.77. The van der Waals surface area contributed by atoms with Gasteiger partial charge in [0, 0.05) is 23.4 Å². The van der Waals surface area contributed by atoms with E-state index in [1.54, 1.807) is 42.5 Å². The van der Waals surface area contributed by atoms with Gasteiger partial charge in [-0.25, -0.2) is 0 Å². The van der Waals surface area contributed by atoms with Crippen molar-refractivity contribution < 1.29 is 14.3 Å². The van der Waals surface area contributed by atoms with Crippen molar-refractivity contribution in [3.63, 3.8) is 0 Å². The molecule has 0 bridgehead atoms. The number of benzene rings is 2. The van der Waals surface area contributed by atoms with Gasteiger partial charge in [0.15, 0.2) is 0 Å².